The first kappa shape index (κ1) is 9.34. The number of nitrogens with one attached hydrogen (secondary N) is 1. The van der Waals surface area contributed by atoms with Crippen LogP contribution < -0.4 is 5.32 Å². The Hall–Kier alpha value is -1.22. The molecule has 2 rings (SSSR count). The molecule has 3 heteroatoms. The Morgan fingerprint density at radius 1 is 1.21 bits per heavy atom. The zero-order chi connectivity index (χ0) is 10.0. The second-order valence-corrected chi connectivity index (χ2v) is 3.98. The highest BCUT2D eigenvalue weighted by molar-refractivity contribution is 5.46. The minimum absolute atomic E-state index is 0.262. The summed E-state index contributed by atoms with van der Waals surface area (Å²) < 4.78 is 0. The Labute approximate surface area is 83.4 Å². The van der Waals surface area contributed by atoms with Gasteiger partial charge in [0.05, 0.1) is 5.60 Å². The molecule has 1 aliphatic carbocycles. The van der Waals surface area contributed by atoms with E-state index in [1.165, 1.54) is 0 Å². The fraction of sp³-hybridized carbons (Fsp3) is 0.455. The predicted molar refractivity (Wildman–Crippen MR) is 55.4 cm³/mol. The third-order valence-corrected chi connectivity index (χ3v) is 2.77. The maximum Gasteiger partial charge on any atom is 0.115 e. The van der Waals surface area contributed by atoms with Crippen molar-refractivity contribution in [2.45, 2.75) is 24.9 Å². The summed E-state index contributed by atoms with van der Waals surface area (Å²) in [6, 6.07) is 6.87. The average molecular weight is 193 g/mol. The molecular weight excluding hydrogens is 178 g/mol. The highest BCUT2D eigenvalue weighted by atomic mass is 16.3. The molecule has 3 N–H and O–H groups in total. The molecule has 0 atom stereocenters. The second kappa shape index (κ2) is 3.50. The van der Waals surface area contributed by atoms with Crippen LogP contribution in [0.3, 0.4) is 0 Å². The van der Waals surface area contributed by atoms with Crippen LogP contribution in [0.5, 0.6) is 5.75 Å². The maximum absolute atomic E-state index is 9.81. The summed E-state index contributed by atoms with van der Waals surface area (Å²) in [5.74, 6) is 0.262. The minimum atomic E-state index is -0.502. The lowest BCUT2D eigenvalue weighted by molar-refractivity contribution is -0.0201. The van der Waals surface area contributed by atoms with Gasteiger partial charge in [0, 0.05) is 12.2 Å². The van der Waals surface area contributed by atoms with Gasteiger partial charge in [-0.05, 0) is 43.5 Å². The number of phenolic OH excluding ortho intramolecular Hbond substituents is 1. The number of hydrogen-bond donors (Lipinski definition) is 3. The van der Waals surface area contributed by atoms with Crippen LogP contribution in [0.25, 0.3) is 0 Å². The first-order valence-electron chi connectivity index (χ1n) is 4.93. The SMILES string of the molecule is Oc1ccc(NCC2(O)CCC2)cc1. The number of phenols is 1. The Morgan fingerprint density at radius 2 is 1.86 bits per heavy atom. The van der Waals surface area contributed by atoms with Gasteiger partial charge in [0.15, 0.2) is 0 Å². The van der Waals surface area contributed by atoms with Crippen molar-refractivity contribution in [3.8, 4) is 5.75 Å². The van der Waals surface area contributed by atoms with E-state index in [9.17, 15) is 5.11 Å². The van der Waals surface area contributed by atoms with Gasteiger partial charge in [-0.15, -0.1) is 0 Å². The highest BCUT2D eigenvalue weighted by Crippen LogP contribution is 2.31. The molecule has 0 heterocycles. The van der Waals surface area contributed by atoms with E-state index in [-0.39, 0.29) is 5.75 Å². The number of aromatic hydroxyl groups is 1. The molecule has 1 saturated carbocycles. The van der Waals surface area contributed by atoms with E-state index in [4.69, 9.17) is 5.11 Å². The van der Waals surface area contributed by atoms with Crippen molar-refractivity contribution in [1.82, 2.24) is 0 Å². The standard InChI is InChI=1S/C11H15NO2/c13-10-4-2-9(3-5-10)12-8-11(14)6-1-7-11/h2-5,12-14H,1,6-8H2. The molecule has 0 aliphatic heterocycles. The normalized spacial score (nSPS) is 18.6. The van der Waals surface area contributed by atoms with Crippen molar-refractivity contribution < 1.29 is 10.2 Å². The molecule has 0 saturated heterocycles. The van der Waals surface area contributed by atoms with Crippen LogP contribution in [0.1, 0.15) is 19.3 Å². The van der Waals surface area contributed by atoms with Crippen molar-refractivity contribution in [2.75, 3.05) is 11.9 Å². The smallest absolute Gasteiger partial charge is 0.115 e. The number of aliphatic hydroxyl groups is 1. The molecule has 0 aromatic heterocycles. The van der Waals surface area contributed by atoms with E-state index in [1.54, 1.807) is 24.3 Å². The fourth-order valence-electron chi connectivity index (χ4n) is 1.61. The molecule has 0 spiro atoms. The molecule has 0 unspecified atom stereocenters. The number of hydrogen-bond acceptors (Lipinski definition) is 3. The van der Waals surface area contributed by atoms with Crippen LogP contribution >= 0.6 is 0 Å². The number of anilines is 1. The molecule has 0 radical (unpaired) electrons. The molecule has 1 aromatic carbocycles. The number of benzene rings is 1. The minimum Gasteiger partial charge on any atom is -0.508 e. The van der Waals surface area contributed by atoms with Crippen LogP contribution in [-0.2, 0) is 0 Å². The van der Waals surface area contributed by atoms with Gasteiger partial charge < -0.3 is 15.5 Å². The van der Waals surface area contributed by atoms with Gasteiger partial charge in [0.25, 0.3) is 0 Å². The molecule has 0 amide bonds. The topological polar surface area (TPSA) is 52.5 Å². The number of rotatable bonds is 3. The van der Waals surface area contributed by atoms with E-state index >= 15 is 0 Å². The lowest BCUT2D eigenvalue weighted by Gasteiger charge is -2.36. The zero-order valence-corrected chi connectivity index (χ0v) is 8.03. The summed E-state index contributed by atoms with van der Waals surface area (Å²) in [6.45, 7) is 0.595. The molecular formula is C11H15NO2. The van der Waals surface area contributed by atoms with E-state index in [1.807, 2.05) is 0 Å². The van der Waals surface area contributed by atoms with Crippen molar-refractivity contribution in [1.29, 1.82) is 0 Å². The lowest BCUT2D eigenvalue weighted by Crippen LogP contribution is -2.43. The molecule has 1 fully saturated rings. The van der Waals surface area contributed by atoms with E-state index in [0.717, 1.165) is 24.9 Å². The van der Waals surface area contributed by atoms with Crippen molar-refractivity contribution >= 4 is 5.69 Å². The van der Waals surface area contributed by atoms with Crippen LogP contribution in [0.4, 0.5) is 5.69 Å². The Balaban J connectivity index is 1.88. The summed E-state index contributed by atoms with van der Waals surface area (Å²) in [5, 5.41) is 22.0. The predicted octanol–water partition coefficient (Wildman–Crippen LogP) is 1.72. The largest absolute Gasteiger partial charge is 0.508 e. The van der Waals surface area contributed by atoms with Crippen LogP contribution in [0, 0.1) is 0 Å². The van der Waals surface area contributed by atoms with Crippen LogP contribution in [-0.4, -0.2) is 22.4 Å². The maximum atomic E-state index is 9.81. The summed E-state index contributed by atoms with van der Waals surface area (Å²) >= 11 is 0. The Morgan fingerprint density at radius 3 is 2.36 bits per heavy atom. The van der Waals surface area contributed by atoms with E-state index in [0.29, 0.717) is 6.54 Å². The Kier molecular flexibility index (Phi) is 2.33. The van der Waals surface area contributed by atoms with Gasteiger partial charge in [-0.25, -0.2) is 0 Å². The highest BCUT2D eigenvalue weighted by Gasteiger charge is 2.33. The van der Waals surface area contributed by atoms with Crippen molar-refractivity contribution in [3.05, 3.63) is 24.3 Å². The lowest BCUT2D eigenvalue weighted by atomic mass is 9.80. The van der Waals surface area contributed by atoms with Gasteiger partial charge in [-0.1, -0.05) is 0 Å². The van der Waals surface area contributed by atoms with E-state index in [2.05, 4.69) is 5.32 Å². The monoisotopic (exact) mass is 193 g/mol. The summed E-state index contributed by atoms with van der Waals surface area (Å²) in [4.78, 5) is 0. The fourth-order valence-corrected chi connectivity index (χ4v) is 1.61. The van der Waals surface area contributed by atoms with Gasteiger partial charge in [-0.2, -0.15) is 0 Å². The molecule has 0 bridgehead atoms. The molecule has 76 valence electrons. The Bertz CT molecular complexity index is 304. The summed E-state index contributed by atoms with van der Waals surface area (Å²) in [7, 11) is 0. The van der Waals surface area contributed by atoms with Gasteiger partial charge in [0.2, 0.25) is 0 Å². The van der Waals surface area contributed by atoms with Crippen molar-refractivity contribution in [3.63, 3.8) is 0 Å². The molecule has 1 aromatic rings. The summed E-state index contributed by atoms with van der Waals surface area (Å²) in [6.07, 6.45) is 2.89. The summed E-state index contributed by atoms with van der Waals surface area (Å²) in [5.41, 5.74) is 0.431. The quantitative estimate of drug-likeness (QED) is 0.641. The van der Waals surface area contributed by atoms with Crippen LogP contribution in [0.2, 0.25) is 0 Å². The third-order valence-electron chi connectivity index (χ3n) is 2.77. The molecule has 1 aliphatic rings. The van der Waals surface area contributed by atoms with Crippen molar-refractivity contribution in [2.24, 2.45) is 0 Å². The third kappa shape index (κ3) is 1.99. The van der Waals surface area contributed by atoms with Gasteiger partial charge in [-0.3, -0.25) is 0 Å². The van der Waals surface area contributed by atoms with E-state index < -0.39 is 5.60 Å². The zero-order valence-electron chi connectivity index (χ0n) is 8.03. The van der Waals surface area contributed by atoms with Gasteiger partial charge in [0.1, 0.15) is 5.75 Å². The molecule has 14 heavy (non-hydrogen) atoms. The van der Waals surface area contributed by atoms with Gasteiger partial charge >= 0.3 is 0 Å². The first-order chi connectivity index (χ1) is 6.68. The molecule has 3 nitrogen and oxygen atoms in total. The average Bonchev–Trinajstić information content (AvgIpc) is 2.14. The second-order valence-electron chi connectivity index (χ2n) is 3.98. The first-order valence-corrected chi connectivity index (χ1v) is 4.93. The van der Waals surface area contributed by atoms with Crippen LogP contribution in [0.15, 0.2) is 24.3 Å².